The van der Waals surface area contributed by atoms with E-state index in [1.54, 1.807) is 43.3 Å². The number of fused-ring (bicyclic) bond motifs is 1. The number of anilines is 1. The maximum atomic E-state index is 14.1. The molecule has 1 aromatic heterocycles. The van der Waals surface area contributed by atoms with Gasteiger partial charge in [-0.2, -0.15) is 5.10 Å². The Morgan fingerprint density at radius 3 is 2.64 bits per heavy atom. The Hall–Kier alpha value is -2.38. The normalized spacial score (nSPS) is 22.2. The number of aromatic nitrogens is 2. The zero-order valence-corrected chi connectivity index (χ0v) is 14.5. The van der Waals surface area contributed by atoms with Crippen molar-refractivity contribution >= 4 is 5.82 Å². The van der Waals surface area contributed by atoms with Crippen molar-refractivity contribution < 1.29 is 9.50 Å². The van der Waals surface area contributed by atoms with Crippen LogP contribution >= 0.6 is 0 Å². The van der Waals surface area contributed by atoms with Gasteiger partial charge >= 0.3 is 0 Å². The molecule has 2 atom stereocenters. The van der Waals surface area contributed by atoms with Crippen molar-refractivity contribution in [1.82, 2.24) is 20.4 Å². The molecule has 6 nitrogen and oxygen atoms in total. The average molecular weight is 343 g/mol. The fourth-order valence-corrected chi connectivity index (χ4v) is 3.63. The quantitative estimate of drug-likeness (QED) is 0.778. The molecule has 0 fully saturated rings. The monoisotopic (exact) mass is 343 g/mol. The second-order valence-corrected chi connectivity index (χ2v) is 6.68. The fraction of sp³-hybridized carbons (Fsp3) is 0.389. The second-order valence-electron chi connectivity index (χ2n) is 6.68. The van der Waals surface area contributed by atoms with E-state index in [1.165, 1.54) is 0 Å². The molecule has 3 N–H and O–H groups in total. The van der Waals surface area contributed by atoms with E-state index in [-0.39, 0.29) is 11.9 Å². The van der Waals surface area contributed by atoms with Gasteiger partial charge < -0.3 is 15.7 Å². The summed E-state index contributed by atoms with van der Waals surface area (Å²) in [6, 6.07) is 3.71. The van der Waals surface area contributed by atoms with E-state index in [1.807, 2.05) is 4.68 Å². The summed E-state index contributed by atoms with van der Waals surface area (Å²) in [5, 5.41) is 21.4. The molecule has 4 rings (SSSR count). The first-order valence-corrected chi connectivity index (χ1v) is 8.49. The lowest BCUT2D eigenvalue weighted by molar-refractivity contribution is 0.166. The van der Waals surface area contributed by atoms with Crippen LogP contribution in [0.3, 0.4) is 0 Å². The topological polar surface area (TPSA) is 65.4 Å². The average Bonchev–Trinajstić information content (AvgIpc) is 3.16. The van der Waals surface area contributed by atoms with Gasteiger partial charge in [0.1, 0.15) is 11.6 Å². The van der Waals surface area contributed by atoms with E-state index >= 15 is 0 Å². The number of benzene rings is 1. The third-order valence-corrected chi connectivity index (χ3v) is 4.87. The lowest BCUT2D eigenvalue weighted by Gasteiger charge is -2.27. The predicted molar refractivity (Wildman–Crippen MR) is 93.9 cm³/mol. The van der Waals surface area contributed by atoms with Gasteiger partial charge in [-0.1, -0.05) is 0 Å². The molecule has 2 aliphatic rings. The van der Waals surface area contributed by atoms with Crippen molar-refractivity contribution in [3.8, 4) is 5.69 Å². The number of aliphatic hydroxyl groups is 1. The van der Waals surface area contributed by atoms with Crippen LogP contribution in [-0.4, -0.2) is 27.8 Å². The standard InChI is InChI=1S/C18H22FN5O/c1-10-8-13(9-11(2)16(10)19)24-17(23-7-6-21-18(23)25)15-12(3)20-5-4-14(15)22-24/h6-9,12,18,20-21,25H,4-5H2,1-3H3/t12-,18?/m0/s1. The molecule has 3 heterocycles. The fourth-order valence-electron chi connectivity index (χ4n) is 3.63. The number of aliphatic hydroxyl groups excluding tert-OH is 1. The molecule has 0 spiro atoms. The molecule has 2 aromatic rings. The van der Waals surface area contributed by atoms with Crippen LogP contribution in [0.25, 0.3) is 5.69 Å². The number of nitrogens with one attached hydrogen (secondary N) is 2. The Bertz CT molecular complexity index is 836. The molecule has 0 saturated carbocycles. The van der Waals surface area contributed by atoms with Gasteiger partial charge in [0.25, 0.3) is 0 Å². The summed E-state index contributed by atoms with van der Waals surface area (Å²) in [5.74, 6) is 0.605. The molecule has 0 saturated heterocycles. The van der Waals surface area contributed by atoms with Crippen LogP contribution in [0.4, 0.5) is 10.2 Å². The van der Waals surface area contributed by atoms with E-state index in [9.17, 15) is 9.50 Å². The lowest BCUT2D eigenvalue weighted by atomic mass is 10.0. The number of nitrogens with zero attached hydrogens (tertiary/aromatic N) is 3. The molecule has 0 radical (unpaired) electrons. The van der Waals surface area contributed by atoms with Gasteiger partial charge in [0.2, 0.25) is 6.35 Å². The van der Waals surface area contributed by atoms with Crippen molar-refractivity contribution in [1.29, 1.82) is 0 Å². The number of hydrogen-bond donors (Lipinski definition) is 3. The maximum Gasteiger partial charge on any atom is 0.210 e. The van der Waals surface area contributed by atoms with Gasteiger partial charge in [-0.05, 0) is 44.0 Å². The third-order valence-electron chi connectivity index (χ3n) is 4.87. The minimum absolute atomic E-state index is 0.122. The molecular weight excluding hydrogens is 321 g/mol. The van der Waals surface area contributed by atoms with E-state index in [0.717, 1.165) is 35.7 Å². The molecule has 1 unspecified atom stereocenters. The van der Waals surface area contributed by atoms with E-state index in [4.69, 9.17) is 5.10 Å². The molecule has 132 valence electrons. The molecule has 7 heteroatoms. The van der Waals surface area contributed by atoms with Gasteiger partial charge in [0.05, 0.1) is 11.4 Å². The number of halogens is 1. The molecule has 25 heavy (non-hydrogen) atoms. The van der Waals surface area contributed by atoms with Crippen molar-refractivity contribution in [3.63, 3.8) is 0 Å². The Labute approximate surface area is 145 Å². The Kier molecular flexibility index (Phi) is 3.77. The number of rotatable bonds is 2. The third kappa shape index (κ3) is 2.51. The van der Waals surface area contributed by atoms with Gasteiger partial charge in [-0.3, -0.25) is 4.90 Å². The summed E-state index contributed by atoms with van der Waals surface area (Å²) in [4.78, 5) is 1.75. The maximum absolute atomic E-state index is 14.1. The first kappa shape index (κ1) is 16.1. The van der Waals surface area contributed by atoms with Crippen molar-refractivity contribution in [2.45, 2.75) is 39.6 Å². The summed E-state index contributed by atoms with van der Waals surface area (Å²) < 4.78 is 15.9. The summed E-state index contributed by atoms with van der Waals surface area (Å²) >= 11 is 0. The van der Waals surface area contributed by atoms with Crippen LogP contribution in [0.2, 0.25) is 0 Å². The van der Waals surface area contributed by atoms with Crippen LogP contribution in [0.15, 0.2) is 24.5 Å². The van der Waals surface area contributed by atoms with E-state index in [0.29, 0.717) is 11.1 Å². The number of aryl methyl sites for hydroxylation is 2. The summed E-state index contributed by atoms with van der Waals surface area (Å²) in [6.07, 6.45) is 3.47. The van der Waals surface area contributed by atoms with Crippen molar-refractivity contribution in [2.24, 2.45) is 0 Å². The first-order chi connectivity index (χ1) is 12.0. The predicted octanol–water partition coefficient (Wildman–Crippen LogP) is 1.99. The highest BCUT2D eigenvalue weighted by Gasteiger charge is 2.32. The largest absolute Gasteiger partial charge is 0.356 e. The van der Waals surface area contributed by atoms with Crippen LogP contribution in [0.5, 0.6) is 0 Å². The van der Waals surface area contributed by atoms with Gasteiger partial charge in [-0.25, -0.2) is 9.07 Å². The number of hydrogen-bond acceptors (Lipinski definition) is 5. The van der Waals surface area contributed by atoms with Crippen LogP contribution < -0.4 is 15.5 Å². The Balaban J connectivity index is 1.95. The summed E-state index contributed by atoms with van der Waals surface area (Å²) in [6.45, 7) is 6.47. The molecule has 0 amide bonds. The SMILES string of the molecule is Cc1cc(-n2nc3c(c2N2C=CNC2O)[C@H](C)NCC3)cc(C)c1F. The first-order valence-electron chi connectivity index (χ1n) is 8.49. The highest BCUT2D eigenvalue weighted by molar-refractivity contribution is 5.60. The second kappa shape index (κ2) is 5.86. The molecule has 0 bridgehead atoms. The van der Waals surface area contributed by atoms with Gasteiger partial charge in [0, 0.05) is 37.0 Å². The van der Waals surface area contributed by atoms with Crippen molar-refractivity contribution in [2.75, 3.05) is 11.4 Å². The summed E-state index contributed by atoms with van der Waals surface area (Å²) in [7, 11) is 0. The molecule has 0 aliphatic carbocycles. The minimum Gasteiger partial charge on any atom is -0.356 e. The van der Waals surface area contributed by atoms with Gasteiger partial charge in [-0.15, -0.1) is 0 Å². The highest BCUT2D eigenvalue weighted by atomic mass is 19.1. The molecule has 2 aliphatic heterocycles. The summed E-state index contributed by atoms with van der Waals surface area (Å²) in [5.41, 5.74) is 4.03. The molecular formula is C18H22FN5O. The van der Waals surface area contributed by atoms with Gasteiger partial charge in [0.15, 0.2) is 0 Å². The molecule has 1 aromatic carbocycles. The smallest absolute Gasteiger partial charge is 0.210 e. The zero-order chi connectivity index (χ0) is 17.7. The van der Waals surface area contributed by atoms with Crippen LogP contribution in [0, 0.1) is 19.7 Å². The van der Waals surface area contributed by atoms with Crippen LogP contribution in [0.1, 0.15) is 35.3 Å². The van der Waals surface area contributed by atoms with Crippen LogP contribution in [-0.2, 0) is 6.42 Å². The van der Waals surface area contributed by atoms with E-state index in [2.05, 4.69) is 17.6 Å². The van der Waals surface area contributed by atoms with Crippen molar-refractivity contribution in [3.05, 3.63) is 52.7 Å². The Morgan fingerprint density at radius 2 is 2.00 bits per heavy atom. The zero-order valence-electron chi connectivity index (χ0n) is 14.5. The van der Waals surface area contributed by atoms with E-state index < -0.39 is 6.35 Å². The highest BCUT2D eigenvalue weighted by Crippen LogP contribution is 2.36. The lowest BCUT2D eigenvalue weighted by Crippen LogP contribution is -2.37. The Morgan fingerprint density at radius 1 is 1.28 bits per heavy atom. The minimum atomic E-state index is -0.851.